The fourth-order valence-corrected chi connectivity index (χ4v) is 4.85. The lowest BCUT2D eigenvalue weighted by atomic mass is 9.86. The zero-order chi connectivity index (χ0) is 20.8. The number of benzene rings is 3. The highest BCUT2D eigenvalue weighted by Crippen LogP contribution is 2.43. The molecule has 0 aromatic heterocycles. The second-order valence-electron chi connectivity index (χ2n) is 8.09. The van der Waals surface area contributed by atoms with Gasteiger partial charge in [0, 0.05) is 19.1 Å². The van der Waals surface area contributed by atoms with E-state index in [0.29, 0.717) is 0 Å². The monoisotopic (exact) mass is 399 g/mol. The Bertz CT molecular complexity index is 885. The summed E-state index contributed by atoms with van der Waals surface area (Å²) in [5.41, 5.74) is 3.76. The summed E-state index contributed by atoms with van der Waals surface area (Å²) in [6.07, 6.45) is 1.98. The topological polar surface area (TPSA) is 29.5 Å². The van der Waals surface area contributed by atoms with Crippen molar-refractivity contribution in [1.29, 1.82) is 0 Å². The standard InChI is InChI=1S/C27H29NO2/c1-30-27(29)26-24(23-15-9-4-10-16-23)17-18-25(26)28(19-21-11-5-2-6-12-21)20-22-13-7-3-8-14-22/h2-16,24-26H,17-20H2,1H3/t24-,25+,26-/m1/s1. The number of nitrogens with zero attached hydrogens (tertiary/aromatic N) is 1. The van der Waals surface area contributed by atoms with Crippen LogP contribution in [-0.4, -0.2) is 24.0 Å². The highest BCUT2D eigenvalue weighted by Gasteiger charge is 2.45. The van der Waals surface area contributed by atoms with Crippen molar-refractivity contribution in [3.63, 3.8) is 0 Å². The van der Waals surface area contributed by atoms with Crippen LogP contribution in [0.25, 0.3) is 0 Å². The molecule has 4 rings (SSSR count). The Labute approximate surface area is 179 Å². The van der Waals surface area contributed by atoms with Crippen LogP contribution in [0.15, 0.2) is 91.0 Å². The highest BCUT2D eigenvalue weighted by molar-refractivity contribution is 5.75. The summed E-state index contributed by atoms with van der Waals surface area (Å²) in [5.74, 6) is -0.0694. The van der Waals surface area contributed by atoms with Gasteiger partial charge < -0.3 is 4.74 Å². The summed E-state index contributed by atoms with van der Waals surface area (Å²) in [6.45, 7) is 1.63. The Kier molecular flexibility index (Phi) is 6.60. The van der Waals surface area contributed by atoms with Gasteiger partial charge in [0.2, 0.25) is 0 Å². The van der Waals surface area contributed by atoms with E-state index in [0.717, 1.165) is 25.9 Å². The lowest BCUT2D eigenvalue weighted by molar-refractivity contribution is -0.148. The van der Waals surface area contributed by atoms with Crippen molar-refractivity contribution in [1.82, 2.24) is 4.90 Å². The minimum Gasteiger partial charge on any atom is -0.469 e. The number of carbonyl (C=O) groups is 1. The molecule has 3 aromatic rings. The second kappa shape index (κ2) is 9.73. The molecule has 1 aliphatic carbocycles. The molecule has 0 aliphatic heterocycles. The molecule has 0 N–H and O–H groups in total. The number of ether oxygens (including phenoxy) is 1. The van der Waals surface area contributed by atoms with E-state index in [1.54, 1.807) is 0 Å². The van der Waals surface area contributed by atoms with E-state index in [1.807, 2.05) is 18.2 Å². The summed E-state index contributed by atoms with van der Waals surface area (Å²) in [4.78, 5) is 15.4. The predicted molar refractivity (Wildman–Crippen MR) is 120 cm³/mol. The summed E-state index contributed by atoms with van der Waals surface area (Å²) < 4.78 is 5.30. The minimum absolute atomic E-state index is 0.0996. The number of rotatable bonds is 7. The first-order valence-electron chi connectivity index (χ1n) is 10.7. The van der Waals surface area contributed by atoms with Gasteiger partial charge in [0.25, 0.3) is 0 Å². The van der Waals surface area contributed by atoms with Crippen LogP contribution in [0.1, 0.15) is 35.4 Å². The van der Waals surface area contributed by atoms with Crippen molar-refractivity contribution in [2.75, 3.05) is 7.11 Å². The van der Waals surface area contributed by atoms with Crippen LogP contribution >= 0.6 is 0 Å². The van der Waals surface area contributed by atoms with E-state index in [4.69, 9.17) is 4.74 Å². The summed E-state index contributed by atoms with van der Waals surface area (Å²) >= 11 is 0. The average Bonchev–Trinajstić information content (AvgIpc) is 3.25. The number of hydrogen-bond donors (Lipinski definition) is 0. The van der Waals surface area contributed by atoms with Gasteiger partial charge in [-0.05, 0) is 35.4 Å². The maximum atomic E-state index is 13.0. The molecule has 0 amide bonds. The van der Waals surface area contributed by atoms with Crippen LogP contribution in [0.3, 0.4) is 0 Å². The number of carbonyl (C=O) groups excluding carboxylic acids is 1. The number of hydrogen-bond acceptors (Lipinski definition) is 3. The fourth-order valence-electron chi connectivity index (χ4n) is 4.85. The van der Waals surface area contributed by atoms with Crippen LogP contribution in [-0.2, 0) is 22.6 Å². The summed E-state index contributed by atoms with van der Waals surface area (Å²) in [6, 6.07) is 31.6. The molecule has 3 heteroatoms. The van der Waals surface area contributed by atoms with Gasteiger partial charge in [-0.25, -0.2) is 0 Å². The quantitative estimate of drug-likeness (QED) is 0.497. The van der Waals surface area contributed by atoms with Crippen LogP contribution < -0.4 is 0 Å². The molecule has 0 radical (unpaired) electrons. The van der Waals surface area contributed by atoms with Gasteiger partial charge in [0.1, 0.15) is 0 Å². The third-order valence-electron chi connectivity index (χ3n) is 6.25. The van der Waals surface area contributed by atoms with Gasteiger partial charge in [-0.3, -0.25) is 9.69 Å². The Morgan fingerprint density at radius 1 is 0.800 bits per heavy atom. The highest BCUT2D eigenvalue weighted by atomic mass is 16.5. The summed E-state index contributed by atoms with van der Waals surface area (Å²) in [7, 11) is 1.51. The zero-order valence-electron chi connectivity index (χ0n) is 17.5. The number of esters is 1. The van der Waals surface area contributed by atoms with E-state index in [9.17, 15) is 4.79 Å². The predicted octanol–water partition coefficient (Wildman–Crippen LogP) is 5.42. The first-order chi connectivity index (χ1) is 14.8. The van der Waals surface area contributed by atoms with Crippen molar-refractivity contribution in [2.45, 2.75) is 37.9 Å². The normalized spacial score (nSPS) is 20.9. The van der Waals surface area contributed by atoms with Crippen molar-refractivity contribution in [3.8, 4) is 0 Å². The van der Waals surface area contributed by atoms with Crippen LogP contribution in [0, 0.1) is 5.92 Å². The largest absolute Gasteiger partial charge is 0.469 e. The first kappa shape index (κ1) is 20.4. The third-order valence-corrected chi connectivity index (χ3v) is 6.25. The van der Waals surface area contributed by atoms with Crippen LogP contribution in [0.4, 0.5) is 0 Å². The lowest BCUT2D eigenvalue weighted by Gasteiger charge is -2.33. The molecule has 154 valence electrons. The zero-order valence-corrected chi connectivity index (χ0v) is 17.5. The fraction of sp³-hybridized carbons (Fsp3) is 0.296. The Balaban J connectivity index is 1.65. The van der Waals surface area contributed by atoms with Gasteiger partial charge in [-0.2, -0.15) is 0 Å². The molecule has 3 atom stereocenters. The molecule has 3 aromatic carbocycles. The third kappa shape index (κ3) is 4.63. The molecule has 1 aliphatic rings. The molecule has 3 nitrogen and oxygen atoms in total. The molecule has 1 saturated carbocycles. The minimum atomic E-state index is -0.162. The molecule has 0 saturated heterocycles. The van der Waals surface area contributed by atoms with E-state index in [2.05, 4.69) is 77.7 Å². The Morgan fingerprint density at radius 2 is 1.30 bits per heavy atom. The molecule has 0 unspecified atom stereocenters. The molecular formula is C27H29NO2. The van der Waals surface area contributed by atoms with Gasteiger partial charge in [0.15, 0.2) is 0 Å². The van der Waals surface area contributed by atoms with Crippen molar-refractivity contribution in [3.05, 3.63) is 108 Å². The average molecular weight is 400 g/mol. The van der Waals surface area contributed by atoms with Crippen molar-refractivity contribution in [2.24, 2.45) is 5.92 Å². The molecular weight excluding hydrogens is 370 g/mol. The Morgan fingerprint density at radius 3 is 1.80 bits per heavy atom. The SMILES string of the molecule is COC(=O)[C@@H]1[C@@H](c2ccccc2)CC[C@@H]1N(Cc1ccccc1)Cc1ccccc1. The van der Waals surface area contributed by atoms with E-state index in [1.165, 1.54) is 23.8 Å². The first-order valence-corrected chi connectivity index (χ1v) is 10.7. The molecule has 0 spiro atoms. The lowest BCUT2D eigenvalue weighted by Crippen LogP contribution is -2.41. The Hall–Kier alpha value is -2.91. The van der Waals surface area contributed by atoms with Crippen molar-refractivity contribution < 1.29 is 9.53 Å². The van der Waals surface area contributed by atoms with Gasteiger partial charge in [-0.1, -0.05) is 91.0 Å². The van der Waals surface area contributed by atoms with Crippen molar-refractivity contribution >= 4 is 5.97 Å². The molecule has 0 bridgehead atoms. The van der Waals surface area contributed by atoms with Crippen LogP contribution in [0.2, 0.25) is 0 Å². The van der Waals surface area contributed by atoms with E-state index >= 15 is 0 Å². The van der Waals surface area contributed by atoms with Gasteiger partial charge >= 0.3 is 5.97 Å². The van der Waals surface area contributed by atoms with Crippen LogP contribution in [0.5, 0.6) is 0 Å². The number of methoxy groups -OCH3 is 1. The summed E-state index contributed by atoms with van der Waals surface area (Å²) in [5, 5.41) is 0. The van der Waals surface area contributed by atoms with Gasteiger partial charge in [-0.15, -0.1) is 0 Å². The van der Waals surface area contributed by atoms with E-state index < -0.39 is 0 Å². The maximum Gasteiger partial charge on any atom is 0.310 e. The molecule has 1 fully saturated rings. The van der Waals surface area contributed by atoms with E-state index in [-0.39, 0.29) is 23.8 Å². The molecule has 0 heterocycles. The second-order valence-corrected chi connectivity index (χ2v) is 8.09. The van der Waals surface area contributed by atoms with Gasteiger partial charge in [0.05, 0.1) is 13.0 Å². The maximum absolute atomic E-state index is 13.0. The smallest absolute Gasteiger partial charge is 0.310 e. The molecule has 30 heavy (non-hydrogen) atoms.